The third-order valence-electron chi connectivity index (χ3n) is 2.69. The van der Waals surface area contributed by atoms with Gasteiger partial charge in [0.25, 0.3) is 5.56 Å². The van der Waals surface area contributed by atoms with Crippen LogP contribution in [0, 0.1) is 6.92 Å². The minimum Gasteiger partial charge on any atom is -0.315 e. The maximum Gasteiger partial charge on any atom is 0.323 e. The lowest BCUT2D eigenvalue weighted by atomic mass is 10.2. The zero-order chi connectivity index (χ0) is 15.7. The van der Waals surface area contributed by atoms with Crippen molar-refractivity contribution in [1.82, 2.24) is 15.3 Å². The molecular formula is C13H19N5O3. The molecule has 0 saturated heterocycles. The molecule has 1 aromatic rings. The molecule has 1 unspecified atom stereocenters. The Labute approximate surface area is 122 Å². The van der Waals surface area contributed by atoms with Crippen LogP contribution >= 0.6 is 0 Å². The Hall–Kier alpha value is -2.47. The van der Waals surface area contributed by atoms with Gasteiger partial charge < -0.3 is 5.32 Å². The summed E-state index contributed by atoms with van der Waals surface area (Å²) in [6.45, 7) is 3.69. The molecule has 114 valence electrons. The maximum absolute atomic E-state index is 11.8. The van der Waals surface area contributed by atoms with Gasteiger partial charge in [0.15, 0.2) is 0 Å². The summed E-state index contributed by atoms with van der Waals surface area (Å²) < 4.78 is 0. The lowest BCUT2D eigenvalue weighted by Crippen LogP contribution is -2.37. The summed E-state index contributed by atoms with van der Waals surface area (Å²) in [5.74, 6) is 0.0416. The summed E-state index contributed by atoms with van der Waals surface area (Å²) >= 11 is 0. The topological polar surface area (TPSA) is 116 Å². The van der Waals surface area contributed by atoms with Gasteiger partial charge in [0.05, 0.1) is 0 Å². The van der Waals surface area contributed by atoms with Crippen molar-refractivity contribution >= 4 is 18.1 Å². The number of rotatable bonds is 7. The number of hydrogen-bond donors (Lipinski definition) is 3. The van der Waals surface area contributed by atoms with Gasteiger partial charge in [-0.25, -0.2) is 14.6 Å². The molecule has 0 aliphatic carbocycles. The van der Waals surface area contributed by atoms with Gasteiger partial charge in [0, 0.05) is 11.8 Å². The van der Waals surface area contributed by atoms with Gasteiger partial charge in [0.2, 0.25) is 12.0 Å². The zero-order valence-electron chi connectivity index (χ0n) is 12.1. The predicted molar refractivity (Wildman–Crippen MR) is 77.8 cm³/mol. The summed E-state index contributed by atoms with van der Waals surface area (Å²) in [7, 11) is 0. The molecule has 21 heavy (non-hydrogen) atoms. The average Bonchev–Trinajstić information content (AvgIpc) is 2.37. The predicted octanol–water partition coefficient (Wildman–Crippen LogP) is 1.44. The summed E-state index contributed by atoms with van der Waals surface area (Å²) in [6, 6.07) is 0.720. The van der Waals surface area contributed by atoms with Crippen LogP contribution in [0.15, 0.2) is 15.9 Å². The smallest absolute Gasteiger partial charge is 0.315 e. The first kappa shape index (κ1) is 16.6. The van der Waals surface area contributed by atoms with Crippen LogP contribution < -0.4 is 16.2 Å². The highest BCUT2D eigenvalue weighted by molar-refractivity contribution is 5.87. The molecule has 1 atom stereocenters. The van der Waals surface area contributed by atoms with Crippen LogP contribution in [-0.2, 0) is 4.79 Å². The SMILES string of the molecule is CCCCCC(N=C=O)NC(=O)Nc1nc(C)cc(=O)[nH]1. The monoisotopic (exact) mass is 293 g/mol. The third-order valence-corrected chi connectivity index (χ3v) is 2.69. The van der Waals surface area contributed by atoms with Crippen molar-refractivity contribution < 1.29 is 9.59 Å². The van der Waals surface area contributed by atoms with Crippen LogP contribution in [-0.4, -0.2) is 28.2 Å². The number of carbonyl (C=O) groups excluding carboxylic acids is 2. The lowest BCUT2D eigenvalue weighted by Gasteiger charge is -2.13. The number of hydrogen-bond acceptors (Lipinski definition) is 5. The average molecular weight is 293 g/mol. The van der Waals surface area contributed by atoms with Gasteiger partial charge >= 0.3 is 6.03 Å². The molecule has 0 fully saturated rings. The highest BCUT2D eigenvalue weighted by atomic mass is 16.2. The molecule has 0 radical (unpaired) electrons. The van der Waals surface area contributed by atoms with Crippen LogP contribution in [0.4, 0.5) is 10.7 Å². The molecule has 8 nitrogen and oxygen atoms in total. The van der Waals surface area contributed by atoms with Gasteiger partial charge in [-0.2, -0.15) is 4.99 Å². The van der Waals surface area contributed by atoms with Crippen molar-refractivity contribution in [2.24, 2.45) is 4.99 Å². The molecule has 8 heteroatoms. The number of anilines is 1. The Balaban J connectivity index is 2.60. The van der Waals surface area contributed by atoms with E-state index in [1.165, 1.54) is 12.1 Å². The summed E-state index contributed by atoms with van der Waals surface area (Å²) in [5, 5.41) is 4.92. The van der Waals surface area contributed by atoms with Crippen LogP contribution in [0.2, 0.25) is 0 Å². The number of carbonyl (C=O) groups is 1. The van der Waals surface area contributed by atoms with E-state index in [9.17, 15) is 14.4 Å². The summed E-state index contributed by atoms with van der Waals surface area (Å²) in [4.78, 5) is 43.3. The number of urea groups is 1. The van der Waals surface area contributed by atoms with E-state index in [1.807, 2.05) is 0 Å². The van der Waals surface area contributed by atoms with E-state index < -0.39 is 12.2 Å². The Bertz CT molecular complexity index is 577. The lowest BCUT2D eigenvalue weighted by molar-refractivity contribution is 0.247. The fourth-order valence-corrected chi connectivity index (χ4v) is 1.75. The van der Waals surface area contributed by atoms with Gasteiger partial charge in [0.1, 0.15) is 6.17 Å². The van der Waals surface area contributed by atoms with Crippen LogP contribution in [0.25, 0.3) is 0 Å². The standard InChI is InChI=1S/C13H19N5O3/c1-3-4-5-6-10(14-8-19)16-13(21)18-12-15-9(2)7-11(20)17-12/h7,10H,3-6H2,1-2H3,(H3,15,16,17,18,20,21). The number of aromatic amines is 1. The molecule has 0 aliphatic heterocycles. The van der Waals surface area contributed by atoms with Gasteiger partial charge in [-0.3, -0.25) is 15.1 Å². The second-order valence-electron chi connectivity index (χ2n) is 4.57. The van der Waals surface area contributed by atoms with Crippen molar-refractivity contribution in [3.8, 4) is 0 Å². The number of nitrogens with zero attached hydrogens (tertiary/aromatic N) is 2. The molecular weight excluding hydrogens is 274 g/mol. The van der Waals surface area contributed by atoms with Crippen LogP contribution in [0.1, 0.15) is 38.3 Å². The fourth-order valence-electron chi connectivity index (χ4n) is 1.75. The number of aliphatic imine (C=N–C) groups is 1. The third kappa shape index (κ3) is 6.49. The molecule has 1 heterocycles. The van der Waals surface area contributed by atoms with E-state index in [1.54, 1.807) is 6.92 Å². The number of nitrogens with one attached hydrogen (secondary N) is 3. The first-order valence-electron chi connectivity index (χ1n) is 6.77. The minimum atomic E-state index is -0.634. The normalized spacial score (nSPS) is 11.3. The molecule has 0 spiro atoms. The fraction of sp³-hybridized carbons (Fsp3) is 0.538. The second-order valence-corrected chi connectivity index (χ2v) is 4.57. The Morgan fingerprint density at radius 3 is 2.90 bits per heavy atom. The number of aromatic nitrogens is 2. The molecule has 2 amide bonds. The van der Waals surface area contributed by atoms with E-state index in [-0.39, 0.29) is 11.5 Å². The van der Waals surface area contributed by atoms with Gasteiger partial charge in [-0.15, -0.1) is 0 Å². The zero-order valence-corrected chi connectivity index (χ0v) is 12.1. The number of unbranched alkanes of at least 4 members (excludes halogenated alkanes) is 2. The maximum atomic E-state index is 11.8. The number of isocyanates is 1. The van der Waals surface area contributed by atoms with Crippen molar-refractivity contribution in [2.75, 3.05) is 5.32 Å². The van der Waals surface area contributed by atoms with Crippen molar-refractivity contribution in [1.29, 1.82) is 0 Å². The molecule has 0 aromatic carbocycles. The Morgan fingerprint density at radius 2 is 2.29 bits per heavy atom. The highest BCUT2D eigenvalue weighted by Gasteiger charge is 2.11. The van der Waals surface area contributed by atoms with Gasteiger partial charge in [-0.1, -0.05) is 19.8 Å². The summed E-state index contributed by atoms with van der Waals surface area (Å²) in [6.07, 6.45) is 4.21. The number of amides is 2. The molecule has 0 saturated carbocycles. The van der Waals surface area contributed by atoms with Gasteiger partial charge in [-0.05, 0) is 19.8 Å². The van der Waals surface area contributed by atoms with Crippen LogP contribution in [0.5, 0.6) is 0 Å². The van der Waals surface area contributed by atoms with E-state index >= 15 is 0 Å². The molecule has 0 bridgehead atoms. The van der Waals surface area contributed by atoms with E-state index in [2.05, 4.69) is 32.5 Å². The number of aryl methyl sites for hydroxylation is 1. The second kappa shape index (κ2) is 8.65. The first-order valence-corrected chi connectivity index (χ1v) is 6.77. The highest BCUT2D eigenvalue weighted by Crippen LogP contribution is 2.04. The minimum absolute atomic E-state index is 0.0416. The number of H-pyrrole nitrogens is 1. The largest absolute Gasteiger partial charge is 0.323 e. The van der Waals surface area contributed by atoms with Crippen molar-refractivity contribution in [3.63, 3.8) is 0 Å². The van der Waals surface area contributed by atoms with E-state index in [4.69, 9.17) is 0 Å². The molecule has 1 rings (SSSR count). The first-order chi connectivity index (χ1) is 10.0. The molecule has 1 aromatic heterocycles. The molecule has 0 aliphatic rings. The Kier molecular flexibility index (Phi) is 6.83. The van der Waals surface area contributed by atoms with Crippen molar-refractivity contribution in [2.45, 2.75) is 45.7 Å². The van der Waals surface area contributed by atoms with Crippen molar-refractivity contribution in [3.05, 3.63) is 22.1 Å². The quantitative estimate of drug-likeness (QED) is 0.400. The Morgan fingerprint density at radius 1 is 1.52 bits per heavy atom. The molecule has 3 N–H and O–H groups in total. The summed E-state index contributed by atoms with van der Waals surface area (Å²) in [5.41, 5.74) is 0.127. The van der Waals surface area contributed by atoms with E-state index in [0.717, 1.165) is 19.3 Å². The van der Waals surface area contributed by atoms with E-state index in [0.29, 0.717) is 12.1 Å². The van der Waals surface area contributed by atoms with Crippen LogP contribution in [0.3, 0.4) is 0 Å².